The molecular formula is C19H21N5O. The van der Waals surface area contributed by atoms with Crippen molar-refractivity contribution in [2.75, 3.05) is 11.4 Å². The maximum absolute atomic E-state index is 13.0. The van der Waals surface area contributed by atoms with Gasteiger partial charge in [-0.15, -0.1) is 0 Å². The molecule has 0 fully saturated rings. The number of hydrogen-bond acceptors (Lipinski definition) is 3. The summed E-state index contributed by atoms with van der Waals surface area (Å²) in [7, 11) is 1.91. The van der Waals surface area contributed by atoms with Crippen molar-refractivity contribution in [2.45, 2.75) is 26.7 Å². The maximum atomic E-state index is 13.0. The number of H-pyrrole nitrogens is 1. The molecule has 1 aromatic carbocycles. The van der Waals surface area contributed by atoms with Crippen LogP contribution in [0.1, 0.15) is 33.9 Å². The number of fused-ring (bicyclic) bond motifs is 1. The normalized spacial score (nSPS) is 13.8. The van der Waals surface area contributed by atoms with E-state index in [1.54, 1.807) is 0 Å². The van der Waals surface area contributed by atoms with Gasteiger partial charge in [-0.2, -0.15) is 10.2 Å². The number of benzene rings is 1. The monoisotopic (exact) mass is 335 g/mol. The fraction of sp³-hybridized carbons (Fsp3) is 0.316. The van der Waals surface area contributed by atoms with Gasteiger partial charge in [0, 0.05) is 30.5 Å². The van der Waals surface area contributed by atoms with E-state index in [2.05, 4.69) is 21.4 Å². The zero-order valence-corrected chi connectivity index (χ0v) is 14.7. The number of carbonyl (C=O) groups excluding carboxylic acids is 1. The van der Waals surface area contributed by atoms with Crippen LogP contribution in [0.2, 0.25) is 0 Å². The first-order chi connectivity index (χ1) is 12.1. The van der Waals surface area contributed by atoms with Crippen LogP contribution in [0.4, 0.5) is 5.69 Å². The number of aryl methyl sites for hydroxylation is 3. The zero-order chi connectivity index (χ0) is 17.6. The highest BCUT2D eigenvalue weighted by molar-refractivity contribution is 6.06. The summed E-state index contributed by atoms with van der Waals surface area (Å²) in [6.07, 6.45) is 1.99. The molecule has 0 bridgehead atoms. The number of anilines is 1. The summed E-state index contributed by atoms with van der Waals surface area (Å²) in [6, 6.07) is 9.94. The number of rotatable bonds is 2. The second-order valence-corrected chi connectivity index (χ2v) is 6.53. The summed E-state index contributed by atoms with van der Waals surface area (Å²) in [5.74, 6) is -0.0369. The fourth-order valence-electron chi connectivity index (χ4n) is 3.59. The van der Waals surface area contributed by atoms with Gasteiger partial charge in [0.05, 0.1) is 11.4 Å². The third-order valence-electron chi connectivity index (χ3n) is 4.93. The Morgan fingerprint density at radius 1 is 1.24 bits per heavy atom. The van der Waals surface area contributed by atoms with Crippen molar-refractivity contribution in [2.24, 2.45) is 7.05 Å². The predicted molar refractivity (Wildman–Crippen MR) is 96.7 cm³/mol. The van der Waals surface area contributed by atoms with E-state index in [0.717, 1.165) is 47.7 Å². The van der Waals surface area contributed by atoms with Gasteiger partial charge in [-0.3, -0.25) is 14.6 Å². The van der Waals surface area contributed by atoms with E-state index in [0.29, 0.717) is 5.69 Å². The van der Waals surface area contributed by atoms with Crippen molar-refractivity contribution in [3.05, 3.63) is 53.0 Å². The number of para-hydroxylation sites is 1. The van der Waals surface area contributed by atoms with E-state index >= 15 is 0 Å². The van der Waals surface area contributed by atoms with Crippen LogP contribution in [0.15, 0.2) is 30.3 Å². The van der Waals surface area contributed by atoms with Crippen molar-refractivity contribution >= 4 is 11.6 Å². The SMILES string of the molecule is Cc1nn(C)c(C)c1-c1cc(C(=O)N2CCCc3ccccc32)[nH]n1. The van der Waals surface area contributed by atoms with Crippen molar-refractivity contribution in [3.63, 3.8) is 0 Å². The molecule has 128 valence electrons. The van der Waals surface area contributed by atoms with Crippen LogP contribution >= 0.6 is 0 Å². The van der Waals surface area contributed by atoms with Crippen molar-refractivity contribution in [1.29, 1.82) is 0 Å². The molecule has 3 aromatic rings. The molecule has 1 amide bonds. The Balaban J connectivity index is 1.68. The minimum Gasteiger partial charge on any atom is -0.307 e. The lowest BCUT2D eigenvalue weighted by Crippen LogP contribution is -2.35. The Labute approximate surface area is 146 Å². The fourth-order valence-corrected chi connectivity index (χ4v) is 3.59. The summed E-state index contributed by atoms with van der Waals surface area (Å²) in [5, 5.41) is 11.7. The smallest absolute Gasteiger partial charge is 0.276 e. The Kier molecular flexibility index (Phi) is 3.67. The van der Waals surface area contributed by atoms with Crippen LogP contribution in [-0.4, -0.2) is 32.4 Å². The molecule has 0 unspecified atom stereocenters. The highest BCUT2D eigenvalue weighted by Crippen LogP contribution is 2.29. The number of aromatic nitrogens is 4. The van der Waals surface area contributed by atoms with Gasteiger partial charge >= 0.3 is 0 Å². The van der Waals surface area contributed by atoms with E-state index in [-0.39, 0.29) is 5.91 Å². The molecule has 1 N–H and O–H groups in total. The summed E-state index contributed by atoms with van der Waals surface area (Å²) < 4.78 is 1.84. The predicted octanol–water partition coefficient (Wildman–Crippen LogP) is 3.02. The van der Waals surface area contributed by atoms with E-state index in [1.165, 1.54) is 5.56 Å². The first-order valence-electron chi connectivity index (χ1n) is 8.52. The molecule has 6 heteroatoms. The molecular weight excluding hydrogens is 314 g/mol. The van der Waals surface area contributed by atoms with Gasteiger partial charge in [-0.05, 0) is 44.4 Å². The van der Waals surface area contributed by atoms with E-state index in [1.807, 2.05) is 54.7 Å². The highest BCUT2D eigenvalue weighted by atomic mass is 16.2. The quantitative estimate of drug-likeness (QED) is 0.783. The lowest BCUT2D eigenvalue weighted by atomic mass is 10.0. The summed E-state index contributed by atoms with van der Waals surface area (Å²) in [5.41, 5.74) is 6.42. The molecule has 0 spiro atoms. The number of carbonyl (C=O) groups is 1. The van der Waals surface area contributed by atoms with Crippen LogP contribution in [0.3, 0.4) is 0 Å². The first kappa shape index (κ1) is 15.6. The molecule has 1 aliphatic rings. The molecule has 1 aliphatic heterocycles. The highest BCUT2D eigenvalue weighted by Gasteiger charge is 2.25. The molecule has 6 nitrogen and oxygen atoms in total. The lowest BCUT2D eigenvalue weighted by Gasteiger charge is -2.28. The molecule has 0 atom stereocenters. The molecule has 3 heterocycles. The van der Waals surface area contributed by atoms with E-state index in [9.17, 15) is 4.79 Å². The van der Waals surface area contributed by atoms with E-state index < -0.39 is 0 Å². The van der Waals surface area contributed by atoms with Crippen LogP contribution < -0.4 is 4.90 Å². The molecule has 2 aromatic heterocycles. The standard InChI is InChI=1S/C19H21N5O/c1-12-18(13(2)23(3)22-12)15-11-16(21-20-15)19(25)24-10-6-8-14-7-4-5-9-17(14)24/h4-5,7,9,11H,6,8,10H2,1-3H3,(H,20,21). The number of amides is 1. The van der Waals surface area contributed by atoms with E-state index in [4.69, 9.17) is 0 Å². The van der Waals surface area contributed by atoms with Crippen molar-refractivity contribution < 1.29 is 4.79 Å². The van der Waals surface area contributed by atoms with Gasteiger partial charge in [0.2, 0.25) is 0 Å². The van der Waals surface area contributed by atoms with Crippen molar-refractivity contribution in [3.8, 4) is 11.3 Å². The van der Waals surface area contributed by atoms with Gasteiger partial charge in [0.1, 0.15) is 5.69 Å². The number of hydrogen-bond donors (Lipinski definition) is 1. The second-order valence-electron chi connectivity index (χ2n) is 6.53. The van der Waals surface area contributed by atoms with Gasteiger partial charge in [0.25, 0.3) is 5.91 Å². The molecule has 0 aliphatic carbocycles. The first-order valence-corrected chi connectivity index (χ1v) is 8.52. The Bertz CT molecular complexity index is 953. The van der Waals surface area contributed by atoms with Gasteiger partial charge in [0.15, 0.2) is 0 Å². The summed E-state index contributed by atoms with van der Waals surface area (Å²) in [6.45, 7) is 4.70. The van der Waals surface area contributed by atoms with Crippen LogP contribution in [0, 0.1) is 13.8 Å². The average molecular weight is 335 g/mol. The lowest BCUT2D eigenvalue weighted by molar-refractivity contribution is 0.0980. The average Bonchev–Trinajstić information content (AvgIpc) is 3.19. The molecule has 4 rings (SSSR count). The van der Waals surface area contributed by atoms with Crippen LogP contribution in [0.5, 0.6) is 0 Å². The molecule has 0 radical (unpaired) electrons. The maximum Gasteiger partial charge on any atom is 0.276 e. The number of aromatic amines is 1. The zero-order valence-electron chi connectivity index (χ0n) is 14.7. The summed E-state index contributed by atoms with van der Waals surface area (Å²) in [4.78, 5) is 14.9. The molecule has 0 saturated carbocycles. The van der Waals surface area contributed by atoms with Gasteiger partial charge in [-0.25, -0.2) is 0 Å². The molecule has 25 heavy (non-hydrogen) atoms. The third-order valence-corrected chi connectivity index (χ3v) is 4.93. The summed E-state index contributed by atoms with van der Waals surface area (Å²) >= 11 is 0. The minimum atomic E-state index is -0.0369. The largest absolute Gasteiger partial charge is 0.307 e. The third kappa shape index (κ3) is 2.54. The Hall–Kier alpha value is -2.89. The Morgan fingerprint density at radius 3 is 2.80 bits per heavy atom. The topological polar surface area (TPSA) is 66.8 Å². The minimum absolute atomic E-state index is 0.0369. The Morgan fingerprint density at radius 2 is 2.04 bits per heavy atom. The van der Waals surface area contributed by atoms with Crippen LogP contribution in [0.25, 0.3) is 11.3 Å². The van der Waals surface area contributed by atoms with Crippen LogP contribution in [-0.2, 0) is 13.5 Å². The number of nitrogens with one attached hydrogen (secondary N) is 1. The van der Waals surface area contributed by atoms with Crippen molar-refractivity contribution in [1.82, 2.24) is 20.0 Å². The van der Waals surface area contributed by atoms with Gasteiger partial charge < -0.3 is 4.90 Å². The second kappa shape index (κ2) is 5.88. The number of nitrogens with zero attached hydrogens (tertiary/aromatic N) is 4. The van der Waals surface area contributed by atoms with Gasteiger partial charge in [-0.1, -0.05) is 18.2 Å². The molecule has 0 saturated heterocycles.